The maximum Gasteiger partial charge on any atom is 0.218 e. The van der Waals surface area contributed by atoms with E-state index in [-0.39, 0.29) is 0 Å². The van der Waals surface area contributed by atoms with Crippen molar-refractivity contribution in [2.45, 2.75) is 45.4 Å². The van der Waals surface area contributed by atoms with Crippen LogP contribution in [0.3, 0.4) is 0 Å². The molecule has 0 amide bonds. The summed E-state index contributed by atoms with van der Waals surface area (Å²) in [4.78, 5) is 11.5. The fraction of sp³-hybridized carbons (Fsp3) is 0.750. The van der Waals surface area contributed by atoms with Gasteiger partial charge in [-0.15, -0.1) is 0 Å². The maximum absolute atomic E-state index is 5.26. The average molecular weight is 292 g/mol. The van der Waals surface area contributed by atoms with Gasteiger partial charge in [0.05, 0.1) is 7.11 Å². The number of nitrogens with one attached hydrogen (secondary N) is 1. The molecule has 21 heavy (non-hydrogen) atoms. The summed E-state index contributed by atoms with van der Waals surface area (Å²) >= 11 is 0. The molecule has 0 saturated heterocycles. The zero-order chi connectivity index (χ0) is 15.1. The van der Waals surface area contributed by atoms with Crippen LogP contribution < -0.4 is 10.1 Å². The van der Waals surface area contributed by atoms with Crippen molar-refractivity contribution in [2.75, 3.05) is 38.6 Å². The summed E-state index contributed by atoms with van der Waals surface area (Å²) in [5.41, 5.74) is 0. The van der Waals surface area contributed by atoms with Crippen molar-refractivity contribution < 1.29 is 4.74 Å². The largest absolute Gasteiger partial charge is 0.481 e. The first kappa shape index (κ1) is 16.0. The molecule has 1 fully saturated rings. The number of rotatable bonds is 10. The van der Waals surface area contributed by atoms with Crippen molar-refractivity contribution in [2.24, 2.45) is 0 Å². The van der Waals surface area contributed by atoms with Crippen LogP contribution in [-0.2, 0) is 0 Å². The van der Waals surface area contributed by atoms with E-state index in [2.05, 4.69) is 34.0 Å². The lowest BCUT2D eigenvalue weighted by atomic mass is 10.3. The summed E-state index contributed by atoms with van der Waals surface area (Å²) < 4.78 is 5.26. The molecule has 0 radical (unpaired) electrons. The topological polar surface area (TPSA) is 50.3 Å². The number of aromatic nitrogens is 2. The van der Waals surface area contributed by atoms with Crippen LogP contribution in [0.4, 0.5) is 5.82 Å². The van der Waals surface area contributed by atoms with Gasteiger partial charge >= 0.3 is 0 Å². The van der Waals surface area contributed by atoms with Crippen molar-refractivity contribution in [3.05, 3.63) is 11.9 Å². The van der Waals surface area contributed by atoms with Crippen LogP contribution >= 0.6 is 0 Å². The quantitative estimate of drug-likeness (QED) is 0.672. The van der Waals surface area contributed by atoms with Crippen LogP contribution in [0.2, 0.25) is 0 Å². The molecule has 0 bridgehead atoms. The van der Waals surface area contributed by atoms with Gasteiger partial charge in [0.1, 0.15) is 11.6 Å². The molecule has 1 aliphatic carbocycles. The van der Waals surface area contributed by atoms with E-state index >= 15 is 0 Å². The minimum Gasteiger partial charge on any atom is -0.481 e. The lowest BCUT2D eigenvalue weighted by molar-refractivity contribution is 0.298. The van der Waals surface area contributed by atoms with Gasteiger partial charge in [-0.1, -0.05) is 13.8 Å². The molecule has 1 saturated carbocycles. The third kappa shape index (κ3) is 5.16. The van der Waals surface area contributed by atoms with Gasteiger partial charge in [-0.05, 0) is 45.3 Å². The van der Waals surface area contributed by atoms with Gasteiger partial charge in [0.15, 0.2) is 0 Å². The first-order chi connectivity index (χ1) is 10.3. The molecule has 1 aliphatic rings. The standard InChI is InChI=1S/C16H28N4O/c1-4-20(5-2)11-7-6-10-17-14-12-15(21-3)19-16(18-14)13-8-9-13/h12-13H,4-11H2,1-3H3,(H,17,18,19). The molecular formula is C16H28N4O. The SMILES string of the molecule is CCN(CC)CCCCNc1cc(OC)nc(C2CC2)n1. The predicted molar refractivity (Wildman–Crippen MR) is 86.1 cm³/mol. The monoisotopic (exact) mass is 292 g/mol. The smallest absolute Gasteiger partial charge is 0.218 e. The Kier molecular flexibility index (Phi) is 6.23. The second kappa shape index (κ2) is 8.17. The Morgan fingerprint density at radius 1 is 1.24 bits per heavy atom. The zero-order valence-corrected chi connectivity index (χ0v) is 13.6. The molecule has 5 heteroatoms. The number of hydrogen-bond donors (Lipinski definition) is 1. The van der Waals surface area contributed by atoms with Crippen LogP contribution in [0, 0.1) is 0 Å². The molecular weight excluding hydrogens is 264 g/mol. The number of hydrogen-bond acceptors (Lipinski definition) is 5. The van der Waals surface area contributed by atoms with Crippen molar-refractivity contribution >= 4 is 5.82 Å². The van der Waals surface area contributed by atoms with Crippen LogP contribution in [0.15, 0.2) is 6.07 Å². The fourth-order valence-electron chi connectivity index (χ4n) is 2.38. The highest BCUT2D eigenvalue weighted by molar-refractivity contribution is 5.39. The molecule has 0 spiro atoms. The number of nitrogens with zero attached hydrogens (tertiary/aromatic N) is 3. The Bertz CT molecular complexity index is 430. The molecule has 2 rings (SSSR count). The molecule has 0 unspecified atom stereocenters. The lowest BCUT2D eigenvalue weighted by Crippen LogP contribution is -2.24. The zero-order valence-electron chi connectivity index (χ0n) is 13.6. The second-order valence-corrected chi connectivity index (χ2v) is 5.59. The van der Waals surface area contributed by atoms with Crippen LogP contribution in [-0.4, -0.2) is 48.2 Å². The van der Waals surface area contributed by atoms with Gasteiger partial charge in [0, 0.05) is 18.5 Å². The highest BCUT2D eigenvalue weighted by atomic mass is 16.5. The van der Waals surface area contributed by atoms with Gasteiger partial charge in [-0.2, -0.15) is 4.98 Å². The highest BCUT2D eigenvalue weighted by Gasteiger charge is 2.27. The van der Waals surface area contributed by atoms with Gasteiger partial charge in [-0.25, -0.2) is 4.98 Å². The number of methoxy groups -OCH3 is 1. The summed E-state index contributed by atoms with van der Waals surface area (Å²) in [6.07, 6.45) is 4.78. The molecule has 0 aliphatic heterocycles. The molecule has 5 nitrogen and oxygen atoms in total. The molecule has 0 aromatic carbocycles. The summed E-state index contributed by atoms with van der Waals surface area (Å²) in [5, 5.41) is 3.40. The Hall–Kier alpha value is -1.36. The van der Waals surface area contributed by atoms with Gasteiger partial charge in [0.25, 0.3) is 0 Å². The normalized spacial score (nSPS) is 14.5. The van der Waals surface area contributed by atoms with E-state index in [1.54, 1.807) is 7.11 Å². The first-order valence-electron chi connectivity index (χ1n) is 8.16. The van der Waals surface area contributed by atoms with E-state index in [9.17, 15) is 0 Å². The maximum atomic E-state index is 5.26. The molecule has 1 heterocycles. The number of ether oxygens (including phenoxy) is 1. The molecule has 1 aromatic heterocycles. The molecule has 1 N–H and O–H groups in total. The van der Waals surface area contributed by atoms with Gasteiger partial charge in [-0.3, -0.25) is 0 Å². The van der Waals surface area contributed by atoms with Gasteiger partial charge < -0.3 is 15.0 Å². The van der Waals surface area contributed by atoms with Gasteiger partial charge in [0.2, 0.25) is 5.88 Å². The average Bonchev–Trinajstić information content (AvgIpc) is 3.35. The summed E-state index contributed by atoms with van der Waals surface area (Å²) in [5.74, 6) is 3.03. The summed E-state index contributed by atoms with van der Waals surface area (Å²) in [6.45, 7) is 8.83. The van der Waals surface area contributed by atoms with E-state index in [0.717, 1.165) is 37.7 Å². The minimum atomic E-state index is 0.545. The van der Waals surface area contributed by atoms with E-state index in [1.165, 1.54) is 25.8 Å². The van der Waals surface area contributed by atoms with E-state index in [0.29, 0.717) is 11.8 Å². The van der Waals surface area contributed by atoms with Crippen molar-refractivity contribution in [1.82, 2.24) is 14.9 Å². The predicted octanol–water partition coefficient (Wildman–Crippen LogP) is 2.90. The number of unbranched alkanes of at least 4 members (excludes halogenated alkanes) is 1. The molecule has 0 atom stereocenters. The number of anilines is 1. The Balaban J connectivity index is 1.76. The van der Waals surface area contributed by atoms with Crippen molar-refractivity contribution in [1.29, 1.82) is 0 Å². The highest BCUT2D eigenvalue weighted by Crippen LogP contribution is 2.39. The summed E-state index contributed by atoms with van der Waals surface area (Å²) in [7, 11) is 1.66. The Morgan fingerprint density at radius 3 is 2.62 bits per heavy atom. The Morgan fingerprint density at radius 2 is 2.00 bits per heavy atom. The van der Waals surface area contributed by atoms with Crippen molar-refractivity contribution in [3.63, 3.8) is 0 Å². The van der Waals surface area contributed by atoms with E-state index in [4.69, 9.17) is 4.74 Å². The molecule has 118 valence electrons. The van der Waals surface area contributed by atoms with Crippen LogP contribution in [0.5, 0.6) is 5.88 Å². The fourth-order valence-corrected chi connectivity index (χ4v) is 2.38. The third-order valence-electron chi connectivity index (χ3n) is 3.97. The Labute approximate surface area is 128 Å². The van der Waals surface area contributed by atoms with E-state index < -0.39 is 0 Å². The third-order valence-corrected chi connectivity index (χ3v) is 3.97. The van der Waals surface area contributed by atoms with E-state index in [1.807, 2.05) is 6.07 Å². The van der Waals surface area contributed by atoms with Crippen LogP contribution in [0.25, 0.3) is 0 Å². The molecule has 1 aromatic rings. The summed E-state index contributed by atoms with van der Waals surface area (Å²) in [6, 6.07) is 1.89. The minimum absolute atomic E-state index is 0.545. The van der Waals surface area contributed by atoms with Crippen molar-refractivity contribution in [3.8, 4) is 5.88 Å². The second-order valence-electron chi connectivity index (χ2n) is 5.59. The first-order valence-corrected chi connectivity index (χ1v) is 8.16. The lowest BCUT2D eigenvalue weighted by Gasteiger charge is -2.17. The van der Waals surface area contributed by atoms with Crippen LogP contribution in [0.1, 0.15) is 51.3 Å².